The van der Waals surface area contributed by atoms with Crippen molar-refractivity contribution in [2.24, 2.45) is 0 Å². The molecular weight excluding hydrogens is 384 g/mol. The van der Waals surface area contributed by atoms with Crippen LogP contribution in [0.5, 0.6) is 34.5 Å². The monoisotopic (exact) mass is 402 g/mol. The van der Waals surface area contributed by atoms with E-state index in [-0.39, 0.29) is 5.88 Å². The fourth-order valence-electron chi connectivity index (χ4n) is 2.84. The highest BCUT2D eigenvalue weighted by Crippen LogP contribution is 2.44. The van der Waals surface area contributed by atoms with E-state index in [4.69, 9.17) is 25.8 Å². The number of hydrogen-bond acceptors (Lipinski definition) is 3. The van der Waals surface area contributed by atoms with Crippen molar-refractivity contribution in [1.82, 2.24) is 0 Å². The van der Waals surface area contributed by atoms with Gasteiger partial charge in [0.2, 0.25) is 0 Å². The molecule has 0 saturated carbocycles. The summed E-state index contributed by atoms with van der Waals surface area (Å²) in [6.45, 7) is 0. The van der Waals surface area contributed by atoms with Gasteiger partial charge >= 0.3 is 0 Å². The van der Waals surface area contributed by atoms with Crippen LogP contribution in [-0.4, -0.2) is 0 Å². The minimum atomic E-state index is 0.205. The normalized spacial score (nSPS) is 10.4. The quantitative estimate of drug-likeness (QED) is 0.295. The summed E-state index contributed by atoms with van der Waals surface area (Å²) >= 11 is 6.33. The van der Waals surface area contributed by atoms with Crippen LogP contribution in [0.1, 0.15) is 5.56 Å². The van der Waals surface area contributed by atoms with Gasteiger partial charge in [-0.15, -0.1) is 11.6 Å². The summed E-state index contributed by atoms with van der Waals surface area (Å²) in [6.07, 6.45) is 0. The summed E-state index contributed by atoms with van der Waals surface area (Å²) in [7, 11) is 0. The molecule has 0 unspecified atom stereocenters. The van der Waals surface area contributed by atoms with Crippen molar-refractivity contribution < 1.29 is 14.2 Å². The molecule has 0 N–H and O–H groups in total. The molecule has 0 heterocycles. The van der Waals surface area contributed by atoms with Crippen LogP contribution in [0.25, 0.3) is 0 Å². The molecule has 0 radical (unpaired) electrons. The predicted molar refractivity (Wildman–Crippen MR) is 116 cm³/mol. The SMILES string of the molecule is ClCc1c(Oc2ccccc2)ccc(Oc2ccccc2)c1Oc1ccccc1. The summed E-state index contributed by atoms with van der Waals surface area (Å²) in [4.78, 5) is 0. The molecule has 4 aromatic rings. The van der Waals surface area contributed by atoms with Crippen LogP contribution in [0.2, 0.25) is 0 Å². The minimum Gasteiger partial charge on any atom is -0.457 e. The molecule has 4 rings (SSSR count). The Bertz CT molecular complexity index is 1050. The van der Waals surface area contributed by atoms with E-state index in [1.165, 1.54) is 0 Å². The summed E-state index contributed by atoms with van der Waals surface area (Å²) in [5.41, 5.74) is 0.716. The van der Waals surface area contributed by atoms with Crippen molar-refractivity contribution in [1.29, 1.82) is 0 Å². The number of rotatable bonds is 7. The molecule has 0 bridgehead atoms. The van der Waals surface area contributed by atoms with E-state index in [9.17, 15) is 0 Å². The molecule has 0 aliphatic rings. The molecule has 0 aliphatic heterocycles. The highest BCUT2D eigenvalue weighted by atomic mass is 35.5. The van der Waals surface area contributed by atoms with Crippen molar-refractivity contribution in [2.75, 3.05) is 0 Å². The number of benzene rings is 4. The Morgan fingerprint density at radius 3 is 1.38 bits per heavy atom. The largest absolute Gasteiger partial charge is 0.457 e. The maximum absolute atomic E-state index is 6.33. The molecule has 4 aromatic carbocycles. The van der Waals surface area contributed by atoms with E-state index in [0.29, 0.717) is 34.3 Å². The van der Waals surface area contributed by atoms with Crippen LogP contribution < -0.4 is 14.2 Å². The van der Waals surface area contributed by atoms with Crippen LogP contribution >= 0.6 is 11.6 Å². The van der Waals surface area contributed by atoms with Gasteiger partial charge in [0.15, 0.2) is 11.5 Å². The first-order chi connectivity index (χ1) is 14.3. The summed E-state index contributed by atoms with van der Waals surface area (Å²) in [6, 6.07) is 32.3. The van der Waals surface area contributed by atoms with E-state index in [1.54, 1.807) is 0 Å². The van der Waals surface area contributed by atoms with Crippen LogP contribution in [0.4, 0.5) is 0 Å². The summed E-state index contributed by atoms with van der Waals surface area (Å²) in [5, 5.41) is 0. The number of ether oxygens (including phenoxy) is 3. The molecule has 0 fully saturated rings. The Balaban J connectivity index is 1.76. The zero-order valence-corrected chi connectivity index (χ0v) is 16.4. The van der Waals surface area contributed by atoms with Gasteiger partial charge in [-0.05, 0) is 48.5 Å². The molecule has 144 valence electrons. The van der Waals surface area contributed by atoms with Crippen LogP contribution in [0.3, 0.4) is 0 Å². The van der Waals surface area contributed by atoms with Crippen molar-refractivity contribution >= 4 is 11.6 Å². The Hall–Kier alpha value is -3.43. The lowest BCUT2D eigenvalue weighted by molar-refractivity contribution is 0.407. The highest BCUT2D eigenvalue weighted by molar-refractivity contribution is 6.17. The lowest BCUT2D eigenvalue weighted by Crippen LogP contribution is -1.98. The zero-order valence-electron chi connectivity index (χ0n) is 15.6. The Kier molecular flexibility index (Phi) is 5.98. The summed E-state index contributed by atoms with van der Waals surface area (Å²) in [5.74, 6) is 4.05. The van der Waals surface area contributed by atoms with Gasteiger partial charge in [0, 0.05) is 0 Å². The van der Waals surface area contributed by atoms with Gasteiger partial charge in [0.25, 0.3) is 0 Å². The molecular formula is C25H19ClO3. The van der Waals surface area contributed by atoms with E-state index >= 15 is 0 Å². The third-order valence-electron chi connectivity index (χ3n) is 4.22. The van der Waals surface area contributed by atoms with Crippen molar-refractivity contribution in [2.45, 2.75) is 5.88 Å². The second kappa shape index (κ2) is 9.18. The minimum absolute atomic E-state index is 0.205. The zero-order chi connectivity index (χ0) is 19.9. The van der Waals surface area contributed by atoms with Gasteiger partial charge in [0.05, 0.1) is 11.4 Å². The van der Waals surface area contributed by atoms with E-state index in [2.05, 4.69) is 0 Å². The van der Waals surface area contributed by atoms with Crippen LogP contribution in [0.15, 0.2) is 103 Å². The number of halogens is 1. The van der Waals surface area contributed by atoms with Crippen molar-refractivity contribution in [3.63, 3.8) is 0 Å². The molecule has 3 nitrogen and oxygen atoms in total. The molecule has 0 spiro atoms. The Morgan fingerprint density at radius 1 is 0.483 bits per heavy atom. The fraction of sp³-hybridized carbons (Fsp3) is 0.0400. The standard InChI is InChI=1S/C25H19ClO3/c26-18-22-23(27-19-10-4-1-5-11-19)16-17-24(28-20-12-6-2-7-13-20)25(22)29-21-14-8-3-9-15-21/h1-17H,18H2. The van der Waals surface area contributed by atoms with E-state index < -0.39 is 0 Å². The fourth-order valence-corrected chi connectivity index (χ4v) is 3.09. The molecule has 0 saturated heterocycles. The maximum Gasteiger partial charge on any atom is 0.178 e. The molecule has 0 aromatic heterocycles. The van der Waals surface area contributed by atoms with Gasteiger partial charge in [-0.25, -0.2) is 0 Å². The number of para-hydroxylation sites is 3. The Morgan fingerprint density at radius 2 is 0.897 bits per heavy atom. The second-order valence-electron chi connectivity index (χ2n) is 6.25. The number of alkyl halides is 1. The third-order valence-corrected chi connectivity index (χ3v) is 4.49. The topological polar surface area (TPSA) is 27.7 Å². The van der Waals surface area contributed by atoms with Gasteiger partial charge in [-0.2, -0.15) is 0 Å². The van der Waals surface area contributed by atoms with Gasteiger partial charge < -0.3 is 14.2 Å². The average Bonchev–Trinajstić information content (AvgIpc) is 2.78. The average molecular weight is 403 g/mol. The molecule has 0 aliphatic carbocycles. The van der Waals surface area contributed by atoms with E-state index in [0.717, 1.165) is 5.75 Å². The molecule has 4 heteroatoms. The van der Waals surface area contributed by atoms with Crippen LogP contribution in [0, 0.1) is 0 Å². The lowest BCUT2D eigenvalue weighted by atomic mass is 10.1. The predicted octanol–water partition coefficient (Wildman–Crippen LogP) is 7.80. The number of hydrogen-bond donors (Lipinski definition) is 0. The maximum atomic E-state index is 6.33. The van der Waals surface area contributed by atoms with Gasteiger partial charge in [-0.3, -0.25) is 0 Å². The van der Waals surface area contributed by atoms with Crippen LogP contribution in [-0.2, 0) is 5.88 Å². The first kappa shape index (κ1) is 18.9. The lowest BCUT2D eigenvalue weighted by Gasteiger charge is -2.18. The smallest absolute Gasteiger partial charge is 0.178 e. The highest BCUT2D eigenvalue weighted by Gasteiger charge is 2.19. The molecule has 29 heavy (non-hydrogen) atoms. The Labute approximate surface area is 175 Å². The van der Waals surface area contributed by atoms with Gasteiger partial charge in [0.1, 0.15) is 23.0 Å². The van der Waals surface area contributed by atoms with Crippen molar-refractivity contribution in [3.05, 3.63) is 109 Å². The van der Waals surface area contributed by atoms with Gasteiger partial charge in [-0.1, -0.05) is 54.6 Å². The molecule has 0 amide bonds. The second-order valence-corrected chi connectivity index (χ2v) is 6.52. The summed E-state index contributed by atoms with van der Waals surface area (Å²) < 4.78 is 18.3. The molecule has 0 atom stereocenters. The van der Waals surface area contributed by atoms with Crippen molar-refractivity contribution in [3.8, 4) is 34.5 Å². The van der Waals surface area contributed by atoms with E-state index in [1.807, 2.05) is 103 Å². The first-order valence-electron chi connectivity index (χ1n) is 9.24. The third kappa shape index (κ3) is 4.71. The first-order valence-corrected chi connectivity index (χ1v) is 9.77.